The first kappa shape index (κ1) is 18.3. The zero-order chi connectivity index (χ0) is 19.9. The largest absolute Gasteiger partial charge is 0.467 e. The molecule has 7 heteroatoms. The van der Waals surface area contributed by atoms with Crippen molar-refractivity contribution in [2.75, 3.05) is 6.54 Å². The Kier molecular flexibility index (Phi) is 4.45. The molecule has 1 aromatic heterocycles. The Hall–Kier alpha value is -3.09. The first-order chi connectivity index (χ1) is 13.4. The van der Waals surface area contributed by atoms with E-state index in [1.165, 1.54) is 17.4 Å². The fraction of sp³-hybridized carbons (Fsp3) is 0.381. The number of hydrogen-bond acceptors (Lipinski definition) is 4. The molecule has 1 aliphatic heterocycles. The molecule has 2 atom stereocenters. The first-order valence-corrected chi connectivity index (χ1v) is 9.47. The Bertz CT molecular complexity index is 937. The van der Waals surface area contributed by atoms with E-state index in [1.54, 1.807) is 26.0 Å². The van der Waals surface area contributed by atoms with Crippen LogP contribution in [0.2, 0.25) is 0 Å². The number of nitrogens with one attached hydrogen (secondary N) is 2. The molecular formula is C21H23N3O4. The first-order valence-electron chi connectivity index (χ1n) is 9.47. The van der Waals surface area contributed by atoms with E-state index in [-0.39, 0.29) is 12.6 Å². The van der Waals surface area contributed by atoms with Gasteiger partial charge in [-0.2, -0.15) is 0 Å². The molecule has 1 aromatic carbocycles. The van der Waals surface area contributed by atoms with E-state index in [0.717, 1.165) is 29.7 Å². The molecule has 7 nitrogen and oxygen atoms in total. The van der Waals surface area contributed by atoms with Gasteiger partial charge in [0.2, 0.25) is 5.91 Å². The van der Waals surface area contributed by atoms with Crippen molar-refractivity contribution in [1.82, 2.24) is 15.5 Å². The van der Waals surface area contributed by atoms with Crippen molar-refractivity contribution in [3.05, 3.63) is 59.0 Å². The smallest absolute Gasteiger partial charge is 0.325 e. The third kappa shape index (κ3) is 3.06. The Balaban J connectivity index is 1.48. The lowest BCUT2D eigenvalue weighted by Crippen LogP contribution is -2.43. The van der Waals surface area contributed by atoms with Crippen LogP contribution < -0.4 is 10.6 Å². The molecule has 0 bridgehead atoms. The van der Waals surface area contributed by atoms with Gasteiger partial charge in [0.15, 0.2) is 0 Å². The van der Waals surface area contributed by atoms with Gasteiger partial charge in [-0.15, -0.1) is 0 Å². The van der Waals surface area contributed by atoms with Crippen LogP contribution >= 0.6 is 0 Å². The van der Waals surface area contributed by atoms with Gasteiger partial charge < -0.3 is 15.1 Å². The van der Waals surface area contributed by atoms with E-state index >= 15 is 0 Å². The van der Waals surface area contributed by atoms with E-state index in [2.05, 4.69) is 10.6 Å². The van der Waals surface area contributed by atoms with E-state index in [0.29, 0.717) is 5.76 Å². The number of aryl methyl sites for hydroxylation is 2. The summed E-state index contributed by atoms with van der Waals surface area (Å²) in [5.41, 5.74) is 2.11. The van der Waals surface area contributed by atoms with Gasteiger partial charge in [0.05, 0.1) is 12.3 Å². The molecule has 1 fully saturated rings. The van der Waals surface area contributed by atoms with Gasteiger partial charge in [-0.05, 0) is 61.9 Å². The Morgan fingerprint density at radius 2 is 2.07 bits per heavy atom. The highest BCUT2D eigenvalue weighted by atomic mass is 16.3. The van der Waals surface area contributed by atoms with Gasteiger partial charge in [-0.3, -0.25) is 14.5 Å². The van der Waals surface area contributed by atoms with E-state index < -0.39 is 23.4 Å². The average Bonchev–Trinajstić information content (AvgIpc) is 3.39. The van der Waals surface area contributed by atoms with Crippen LogP contribution in [-0.4, -0.2) is 29.3 Å². The second-order valence-corrected chi connectivity index (χ2v) is 7.59. The van der Waals surface area contributed by atoms with Crippen LogP contribution in [0.4, 0.5) is 4.79 Å². The fourth-order valence-electron chi connectivity index (χ4n) is 3.96. The van der Waals surface area contributed by atoms with Crippen LogP contribution in [0.3, 0.4) is 0 Å². The Labute approximate surface area is 163 Å². The number of imide groups is 1. The Morgan fingerprint density at radius 1 is 1.29 bits per heavy atom. The SMILES string of the molecule is C[C@H](NC(=O)CN1C(=O)N[C@@](C)(c2ccc3c(c2)CCC3)C1=O)c1ccco1. The minimum absolute atomic E-state index is 0.337. The van der Waals surface area contributed by atoms with Gasteiger partial charge in [-0.25, -0.2) is 4.79 Å². The minimum atomic E-state index is -1.17. The van der Waals surface area contributed by atoms with Crippen LogP contribution in [0.5, 0.6) is 0 Å². The molecule has 2 heterocycles. The zero-order valence-electron chi connectivity index (χ0n) is 16.0. The molecule has 4 amide bonds. The maximum atomic E-state index is 13.0. The summed E-state index contributed by atoms with van der Waals surface area (Å²) in [6.07, 6.45) is 4.67. The molecule has 1 saturated heterocycles. The number of hydrogen-bond donors (Lipinski definition) is 2. The quantitative estimate of drug-likeness (QED) is 0.778. The van der Waals surface area contributed by atoms with Gasteiger partial charge >= 0.3 is 6.03 Å². The predicted molar refractivity (Wildman–Crippen MR) is 101 cm³/mol. The number of nitrogens with zero attached hydrogens (tertiary/aromatic N) is 1. The number of furan rings is 1. The number of fused-ring (bicyclic) bond motifs is 1. The lowest BCUT2D eigenvalue weighted by Gasteiger charge is -2.23. The monoisotopic (exact) mass is 381 g/mol. The minimum Gasteiger partial charge on any atom is -0.467 e. The van der Waals surface area contributed by atoms with Crippen LogP contribution in [0.1, 0.15) is 48.8 Å². The molecule has 1 aliphatic carbocycles. The summed E-state index contributed by atoms with van der Waals surface area (Å²) in [5, 5.41) is 5.51. The molecule has 0 unspecified atom stereocenters. The summed E-state index contributed by atoms with van der Waals surface area (Å²) < 4.78 is 5.26. The molecule has 0 spiro atoms. The van der Waals surface area contributed by atoms with Crippen molar-refractivity contribution < 1.29 is 18.8 Å². The van der Waals surface area contributed by atoms with Crippen LogP contribution in [0.25, 0.3) is 0 Å². The van der Waals surface area contributed by atoms with Gasteiger partial charge in [-0.1, -0.05) is 18.2 Å². The molecule has 4 rings (SSSR count). The molecular weight excluding hydrogens is 358 g/mol. The third-order valence-electron chi connectivity index (χ3n) is 5.60. The summed E-state index contributed by atoms with van der Waals surface area (Å²) in [7, 11) is 0. The van der Waals surface area contributed by atoms with Crippen molar-refractivity contribution in [1.29, 1.82) is 0 Å². The molecule has 0 radical (unpaired) electrons. The summed E-state index contributed by atoms with van der Waals surface area (Å²) in [6, 6.07) is 8.50. The van der Waals surface area contributed by atoms with E-state index in [4.69, 9.17) is 4.42 Å². The number of carbonyl (C=O) groups is 3. The number of amides is 4. The highest BCUT2D eigenvalue weighted by molar-refractivity contribution is 6.09. The van der Waals surface area contributed by atoms with Crippen LogP contribution in [0.15, 0.2) is 41.0 Å². The lowest BCUT2D eigenvalue weighted by atomic mass is 9.89. The van der Waals surface area contributed by atoms with Crippen LogP contribution in [-0.2, 0) is 28.0 Å². The molecule has 2 aliphatic rings. The lowest BCUT2D eigenvalue weighted by molar-refractivity contribution is -0.135. The third-order valence-corrected chi connectivity index (χ3v) is 5.60. The number of carbonyl (C=O) groups excluding carboxylic acids is 3. The number of urea groups is 1. The molecule has 2 N–H and O–H groups in total. The maximum absolute atomic E-state index is 13.0. The maximum Gasteiger partial charge on any atom is 0.325 e. The zero-order valence-corrected chi connectivity index (χ0v) is 16.0. The second-order valence-electron chi connectivity index (χ2n) is 7.59. The second kappa shape index (κ2) is 6.82. The Morgan fingerprint density at radius 3 is 2.82 bits per heavy atom. The standard InChI is InChI=1S/C21H23N3O4/c1-13(17-7-4-10-28-17)22-18(25)12-24-19(26)21(2,23-20(24)27)16-9-8-14-5-3-6-15(14)11-16/h4,7-11,13H,3,5-6,12H2,1-2H3,(H,22,25)(H,23,27)/t13-,21-/m0/s1. The normalized spacial score (nSPS) is 22.1. The molecule has 0 saturated carbocycles. The van der Waals surface area contributed by atoms with Gasteiger partial charge in [0, 0.05) is 0 Å². The van der Waals surface area contributed by atoms with Crippen LogP contribution in [0, 0.1) is 0 Å². The molecule has 146 valence electrons. The van der Waals surface area contributed by atoms with E-state index in [1.807, 2.05) is 18.2 Å². The summed E-state index contributed by atoms with van der Waals surface area (Å²) in [5.74, 6) is -0.240. The van der Waals surface area contributed by atoms with Crippen molar-refractivity contribution >= 4 is 17.8 Å². The van der Waals surface area contributed by atoms with Crippen molar-refractivity contribution in [2.24, 2.45) is 0 Å². The summed E-state index contributed by atoms with van der Waals surface area (Å²) >= 11 is 0. The summed E-state index contributed by atoms with van der Waals surface area (Å²) in [4.78, 5) is 38.8. The van der Waals surface area contributed by atoms with Crippen molar-refractivity contribution in [3.63, 3.8) is 0 Å². The van der Waals surface area contributed by atoms with Gasteiger partial charge in [0.25, 0.3) is 5.91 Å². The number of rotatable bonds is 5. The topological polar surface area (TPSA) is 91.7 Å². The summed E-state index contributed by atoms with van der Waals surface area (Å²) in [6.45, 7) is 3.13. The fourth-order valence-corrected chi connectivity index (χ4v) is 3.96. The highest BCUT2D eigenvalue weighted by Gasteiger charge is 2.49. The predicted octanol–water partition coefficient (Wildman–Crippen LogP) is 2.41. The van der Waals surface area contributed by atoms with Crippen molar-refractivity contribution in [2.45, 2.75) is 44.7 Å². The van der Waals surface area contributed by atoms with Crippen molar-refractivity contribution in [3.8, 4) is 0 Å². The van der Waals surface area contributed by atoms with E-state index in [9.17, 15) is 14.4 Å². The molecule has 2 aromatic rings. The number of benzene rings is 1. The molecule has 28 heavy (non-hydrogen) atoms. The highest BCUT2D eigenvalue weighted by Crippen LogP contribution is 2.32. The van der Waals surface area contributed by atoms with Gasteiger partial charge in [0.1, 0.15) is 17.8 Å². The average molecular weight is 381 g/mol.